The summed E-state index contributed by atoms with van der Waals surface area (Å²) in [5.41, 5.74) is 4.10. The first kappa shape index (κ1) is 9.84. The van der Waals surface area contributed by atoms with Gasteiger partial charge in [-0.2, -0.15) is 5.10 Å². The van der Waals surface area contributed by atoms with Crippen molar-refractivity contribution in [2.24, 2.45) is 0 Å². The Morgan fingerprint density at radius 3 is 2.88 bits per heavy atom. The largest absolute Gasteiger partial charge is 0.385 e. The van der Waals surface area contributed by atoms with Crippen LogP contribution in [0, 0.1) is 0 Å². The van der Waals surface area contributed by atoms with E-state index in [0.717, 1.165) is 22.5 Å². The fourth-order valence-electron chi connectivity index (χ4n) is 1.86. The van der Waals surface area contributed by atoms with Crippen LogP contribution in [0.25, 0.3) is 16.8 Å². The molecule has 0 saturated heterocycles. The zero-order chi connectivity index (χ0) is 11.7. The van der Waals surface area contributed by atoms with Crippen molar-refractivity contribution in [2.75, 3.05) is 12.4 Å². The molecule has 84 valence electrons. The molecular formula is C13H12N4. The summed E-state index contributed by atoms with van der Waals surface area (Å²) in [6, 6.07) is 9.98. The van der Waals surface area contributed by atoms with Crippen LogP contribution in [0.1, 0.15) is 0 Å². The quantitative estimate of drug-likeness (QED) is 0.727. The van der Waals surface area contributed by atoms with Gasteiger partial charge in [-0.25, -0.2) is 4.52 Å². The summed E-state index contributed by atoms with van der Waals surface area (Å²) in [7, 11) is 1.89. The number of hydrogen-bond donors (Lipinski definition) is 1. The number of rotatable bonds is 2. The van der Waals surface area contributed by atoms with Crippen molar-refractivity contribution in [1.29, 1.82) is 0 Å². The summed E-state index contributed by atoms with van der Waals surface area (Å²) in [5, 5.41) is 7.41. The molecule has 17 heavy (non-hydrogen) atoms. The molecule has 4 heteroatoms. The maximum Gasteiger partial charge on any atom is 0.0893 e. The molecule has 0 saturated carbocycles. The Hall–Kier alpha value is -2.36. The SMILES string of the molecule is CNc1cnn2cc(-c3ccccn3)ccc12. The van der Waals surface area contributed by atoms with Gasteiger partial charge in [-0.15, -0.1) is 0 Å². The highest BCUT2D eigenvalue weighted by Gasteiger charge is 2.04. The molecule has 0 amide bonds. The number of pyridine rings is 2. The van der Waals surface area contributed by atoms with E-state index in [4.69, 9.17) is 0 Å². The monoisotopic (exact) mass is 224 g/mol. The first-order valence-corrected chi connectivity index (χ1v) is 5.45. The van der Waals surface area contributed by atoms with Gasteiger partial charge in [-0.1, -0.05) is 6.07 Å². The molecule has 0 spiro atoms. The van der Waals surface area contributed by atoms with Crippen LogP contribution >= 0.6 is 0 Å². The van der Waals surface area contributed by atoms with Crippen LogP contribution in [-0.4, -0.2) is 21.6 Å². The third kappa shape index (κ3) is 1.63. The maximum absolute atomic E-state index is 4.33. The molecule has 0 aliphatic rings. The molecule has 0 atom stereocenters. The second kappa shape index (κ2) is 3.90. The first-order chi connectivity index (χ1) is 8.38. The summed E-state index contributed by atoms with van der Waals surface area (Å²) in [6.45, 7) is 0. The summed E-state index contributed by atoms with van der Waals surface area (Å²) in [6.07, 6.45) is 5.59. The van der Waals surface area contributed by atoms with E-state index in [1.54, 1.807) is 6.20 Å². The molecule has 0 aliphatic carbocycles. The van der Waals surface area contributed by atoms with Crippen LogP contribution in [0.15, 0.2) is 48.9 Å². The van der Waals surface area contributed by atoms with E-state index in [9.17, 15) is 0 Å². The Balaban J connectivity index is 2.15. The fraction of sp³-hybridized carbons (Fsp3) is 0.0769. The molecule has 1 N–H and O–H groups in total. The molecule has 0 aromatic carbocycles. The summed E-state index contributed by atoms with van der Waals surface area (Å²) in [5.74, 6) is 0. The highest BCUT2D eigenvalue weighted by atomic mass is 15.2. The third-order valence-electron chi connectivity index (χ3n) is 2.75. The van der Waals surface area contributed by atoms with Gasteiger partial charge in [0.2, 0.25) is 0 Å². The number of aromatic nitrogens is 3. The number of nitrogens with one attached hydrogen (secondary N) is 1. The van der Waals surface area contributed by atoms with E-state index in [1.165, 1.54) is 0 Å². The summed E-state index contributed by atoms with van der Waals surface area (Å²) >= 11 is 0. The average Bonchev–Trinajstić information content (AvgIpc) is 2.81. The molecule has 3 rings (SSSR count). The lowest BCUT2D eigenvalue weighted by molar-refractivity contribution is 0.961. The van der Waals surface area contributed by atoms with Crippen LogP contribution in [-0.2, 0) is 0 Å². The zero-order valence-electron chi connectivity index (χ0n) is 9.46. The molecule has 3 aromatic rings. The van der Waals surface area contributed by atoms with Crippen molar-refractivity contribution in [3.63, 3.8) is 0 Å². The van der Waals surface area contributed by atoms with Gasteiger partial charge in [0.25, 0.3) is 0 Å². The van der Waals surface area contributed by atoms with Crippen molar-refractivity contribution in [1.82, 2.24) is 14.6 Å². The van der Waals surface area contributed by atoms with Crippen molar-refractivity contribution in [2.45, 2.75) is 0 Å². The van der Waals surface area contributed by atoms with Gasteiger partial charge in [0.05, 0.1) is 23.1 Å². The lowest BCUT2D eigenvalue weighted by Gasteiger charge is -2.02. The molecule has 3 aromatic heterocycles. The summed E-state index contributed by atoms with van der Waals surface area (Å²) in [4.78, 5) is 4.33. The van der Waals surface area contributed by atoms with Crippen LogP contribution < -0.4 is 5.32 Å². The second-order valence-corrected chi connectivity index (χ2v) is 3.77. The Kier molecular flexibility index (Phi) is 2.26. The standard InChI is InChI=1S/C13H12N4/c1-14-12-8-16-17-9-10(5-6-13(12)17)11-4-2-3-7-15-11/h2-9,14H,1H3. The second-order valence-electron chi connectivity index (χ2n) is 3.77. The molecule has 0 unspecified atom stereocenters. The van der Waals surface area contributed by atoms with Gasteiger partial charge in [-0.3, -0.25) is 4.98 Å². The van der Waals surface area contributed by atoms with E-state index >= 15 is 0 Å². The highest BCUT2D eigenvalue weighted by Crippen LogP contribution is 2.21. The van der Waals surface area contributed by atoms with E-state index in [-0.39, 0.29) is 0 Å². The Morgan fingerprint density at radius 2 is 2.12 bits per heavy atom. The van der Waals surface area contributed by atoms with Gasteiger partial charge >= 0.3 is 0 Å². The number of nitrogens with zero attached hydrogens (tertiary/aromatic N) is 3. The Morgan fingerprint density at radius 1 is 1.18 bits per heavy atom. The van der Waals surface area contributed by atoms with Crippen molar-refractivity contribution in [3.05, 3.63) is 48.9 Å². The minimum atomic E-state index is 0.955. The highest BCUT2D eigenvalue weighted by molar-refractivity contribution is 5.73. The molecule has 4 nitrogen and oxygen atoms in total. The predicted molar refractivity (Wildman–Crippen MR) is 68.0 cm³/mol. The van der Waals surface area contributed by atoms with Gasteiger partial charge in [0.15, 0.2) is 0 Å². The fourth-order valence-corrected chi connectivity index (χ4v) is 1.86. The van der Waals surface area contributed by atoms with Crippen LogP contribution in [0.5, 0.6) is 0 Å². The van der Waals surface area contributed by atoms with Gasteiger partial charge in [-0.05, 0) is 24.3 Å². The number of anilines is 1. The van der Waals surface area contributed by atoms with Crippen molar-refractivity contribution < 1.29 is 0 Å². The number of hydrogen-bond acceptors (Lipinski definition) is 3. The summed E-state index contributed by atoms with van der Waals surface area (Å²) < 4.78 is 1.86. The van der Waals surface area contributed by atoms with E-state index in [2.05, 4.69) is 21.5 Å². The van der Waals surface area contributed by atoms with E-state index < -0.39 is 0 Å². The van der Waals surface area contributed by atoms with Gasteiger partial charge in [0.1, 0.15) is 0 Å². The van der Waals surface area contributed by atoms with Gasteiger partial charge in [0, 0.05) is 25.0 Å². The minimum absolute atomic E-state index is 0.955. The third-order valence-corrected chi connectivity index (χ3v) is 2.75. The van der Waals surface area contributed by atoms with Crippen molar-refractivity contribution in [3.8, 4) is 11.3 Å². The molecule has 0 radical (unpaired) electrons. The van der Waals surface area contributed by atoms with E-state index in [1.807, 2.05) is 48.2 Å². The van der Waals surface area contributed by atoms with Crippen LogP contribution in [0.4, 0.5) is 5.69 Å². The first-order valence-electron chi connectivity index (χ1n) is 5.45. The van der Waals surface area contributed by atoms with Gasteiger partial charge < -0.3 is 5.32 Å². The molecular weight excluding hydrogens is 212 g/mol. The van der Waals surface area contributed by atoms with Crippen LogP contribution in [0.2, 0.25) is 0 Å². The predicted octanol–water partition coefficient (Wildman–Crippen LogP) is 2.44. The zero-order valence-corrected chi connectivity index (χ0v) is 9.46. The normalized spacial score (nSPS) is 10.6. The smallest absolute Gasteiger partial charge is 0.0893 e. The van der Waals surface area contributed by atoms with E-state index in [0.29, 0.717) is 0 Å². The average molecular weight is 224 g/mol. The minimum Gasteiger partial charge on any atom is -0.385 e. The number of fused-ring (bicyclic) bond motifs is 1. The lowest BCUT2D eigenvalue weighted by Crippen LogP contribution is -1.91. The lowest BCUT2D eigenvalue weighted by atomic mass is 10.2. The molecule has 3 heterocycles. The Bertz CT molecular complexity index is 643. The molecule has 0 aliphatic heterocycles. The maximum atomic E-state index is 4.33. The topological polar surface area (TPSA) is 42.2 Å². The molecule has 0 bridgehead atoms. The molecule has 0 fully saturated rings. The Labute approximate surface area is 98.9 Å². The van der Waals surface area contributed by atoms with Crippen LogP contribution in [0.3, 0.4) is 0 Å². The van der Waals surface area contributed by atoms with Crippen molar-refractivity contribution >= 4 is 11.2 Å².